The van der Waals surface area contributed by atoms with Crippen molar-refractivity contribution in [3.63, 3.8) is 0 Å². The van der Waals surface area contributed by atoms with Crippen molar-refractivity contribution in [3.8, 4) is 0 Å². The fourth-order valence-corrected chi connectivity index (χ4v) is 4.29. The van der Waals surface area contributed by atoms with E-state index in [2.05, 4.69) is 17.7 Å². The van der Waals surface area contributed by atoms with E-state index < -0.39 is 12.2 Å². The van der Waals surface area contributed by atoms with Crippen molar-refractivity contribution in [1.29, 1.82) is 0 Å². The molecule has 0 aliphatic heterocycles. The average molecular weight is 367 g/mol. The van der Waals surface area contributed by atoms with Crippen molar-refractivity contribution < 1.29 is 21.1 Å². The molecule has 2 aliphatic rings. The number of hydrogen-bond donors (Lipinski definition) is 2. The van der Waals surface area contributed by atoms with Crippen LogP contribution in [0.5, 0.6) is 0 Å². The molecule has 0 heterocycles. The van der Waals surface area contributed by atoms with Crippen LogP contribution in [-0.4, -0.2) is 35.5 Å². The summed E-state index contributed by atoms with van der Waals surface area (Å²) in [4.78, 5) is 11.2. The maximum Gasteiger partial charge on any atom is 0.305 e. The standard InChI is InChI=1S/C22H36O4/c1-3-4-5-9-18(23)11-12-19-20-14-16(13-17(20)15-21(19)24)8-6-7-10-22(25)26-2/h11-13,17-21,23-24H,3-10,14-15H2,1-2H3/b12-11+/t17-,18-,19+,20-,21+/m0/s1/i21T. The van der Waals surface area contributed by atoms with Crippen LogP contribution in [0.2, 0.25) is 0 Å². The number of carbonyl (C=O) groups is 1. The predicted octanol–water partition coefficient (Wildman–Crippen LogP) is 4.16. The average Bonchev–Trinajstić information content (AvgIpc) is 3.10. The predicted molar refractivity (Wildman–Crippen MR) is 104 cm³/mol. The first kappa shape index (κ1) is 19.6. The summed E-state index contributed by atoms with van der Waals surface area (Å²) < 4.78 is 13.0. The second-order valence-corrected chi connectivity index (χ2v) is 7.81. The Labute approximate surface area is 159 Å². The molecular weight excluding hydrogens is 328 g/mol. The van der Waals surface area contributed by atoms with Gasteiger partial charge in [0, 0.05) is 12.3 Å². The monoisotopic (exact) mass is 366 g/mol. The first-order valence-electron chi connectivity index (χ1n) is 10.7. The molecule has 0 amide bonds. The Balaban J connectivity index is 1.84. The molecule has 0 unspecified atom stereocenters. The van der Waals surface area contributed by atoms with Gasteiger partial charge < -0.3 is 14.9 Å². The van der Waals surface area contributed by atoms with Gasteiger partial charge in [-0.25, -0.2) is 0 Å². The van der Waals surface area contributed by atoms with Crippen LogP contribution in [0.15, 0.2) is 23.8 Å². The normalized spacial score (nSPS) is 32.4. The van der Waals surface area contributed by atoms with E-state index in [0.29, 0.717) is 12.8 Å². The molecule has 148 valence electrons. The number of aliphatic hydroxyl groups excluding tert-OH is 1. The minimum absolute atomic E-state index is 0.158. The van der Waals surface area contributed by atoms with Gasteiger partial charge in [0.2, 0.25) is 0 Å². The third-order valence-electron chi connectivity index (χ3n) is 5.79. The Morgan fingerprint density at radius 1 is 1.42 bits per heavy atom. The van der Waals surface area contributed by atoms with E-state index >= 15 is 0 Å². The van der Waals surface area contributed by atoms with Gasteiger partial charge in [0.1, 0.15) is 0 Å². The highest BCUT2D eigenvalue weighted by molar-refractivity contribution is 5.68. The van der Waals surface area contributed by atoms with Gasteiger partial charge in [0.05, 0.1) is 20.7 Å². The van der Waals surface area contributed by atoms with E-state index in [9.17, 15) is 15.0 Å². The summed E-state index contributed by atoms with van der Waals surface area (Å²) in [5.74, 6) is 0.110. The van der Waals surface area contributed by atoms with E-state index in [1.165, 1.54) is 12.7 Å². The maximum atomic E-state index is 11.2. The van der Waals surface area contributed by atoms with E-state index in [-0.39, 0.29) is 23.7 Å². The molecule has 26 heavy (non-hydrogen) atoms. The van der Waals surface area contributed by atoms with Crippen molar-refractivity contribution in [2.24, 2.45) is 17.8 Å². The van der Waals surface area contributed by atoms with Crippen LogP contribution in [0.1, 0.15) is 72.5 Å². The number of aliphatic hydroxyl groups is 2. The third-order valence-corrected chi connectivity index (χ3v) is 5.79. The first-order valence-corrected chi connectivity index (χ1v) is 10.2. The molecule has 0 spiro atoms. The number of allylic oxidation sites excluding steroid dienone is 2. The van der Waals surface area contributed by atoms with Gasteiger partial charge in [-0.05, 0) is 50.4 Å². The highest BCUT2D eigenvalue weighted by atomic mass is 16.5. The zero-order chi connectivity index (χ0) is 19.9. The molecule has 2 aliphatic carbocycles. The lowest BCUT2D eigenvalue weighted by atomic mass is 9.88. The molecule has 0 aromatic heterocycles. The lowest BCUT2D eigenvalue weighted by molar-refractivity contribution is -0.140. The number of unbranched alkanes of at least 4 members (excludes halogenated alkanes) is 3. The highest BCUT2D eigenvalue weighted by Gasteiger charge is 2.43. The number of hydrogen-bond acceptors (Lipinski definition) is 4. The second-order valence-electron chi connectivity index (χ2n) is 7.81. The maximum absolute atomic E-state index is 11.2. The number of esters is 1. The third kappa shape index (κ3) is 6.24. The number of fused-ring (bicyclic) bond motifs is 1. The summed E-state index contributed by atoms with van der Waals surface area (Å²) in [5.41, 5.74) is 1.38. The number of rotatable bonds is 11. The van der Waals surface area contributed by atoms with Crippen LogP contribution in [0, 0.1) is 17.8 Å². The van der Waals surface area contributed by atoms with Crippen molar-refractivity contribution in [2.45, 2.75) is 83.3 Å². The summed E-state index contributed by atoms with van der Waals surface area (Å²) in [6.45, 7) is 2.14. The first-order chi connectivity index (χ1) is 12.9. The Morgan fingerprint density at radius 2 is 2.23 bits per heavy atom. The molecule has 2 rings (SSSR count). The van der Waals surface area contributed by atoms with Crippen LogP contribution >= 0.6 is 0 Å². The molecule has 1 fully saturated rings. The Hall–Kier alpha value is -1.13. The van der Waals surface area contributed by atoms with Gasteiger partial charge in [0.15, 0.2) is 0 Å². The lowest BCUT2D eigenvalue weighted by Crippen LogP contribution is -2.18. The molecule has 0 bridgehead atoms. The van der Waals surface area contributed by atoms with Crippen molar-refractivity contribution in [2.75, 3.05) is 7.11 Å². The second kappa shape index (κ2) is 10.9. The lowest BCUT2D eigenvalue weighted by Gasteiger charge is -2.19. The van der Waals surface area contributed by atoms with Gasteiger partial charge >= 0.3 is 5.97 Å². The van der Waals surface area contributed by atoms with E-state index in [1.807, 2.05) is 6.08 Å². The van der Waals surface area contributed by atoms with Crippen LogP contribution in [0.4, 0.5) is 0 Å². The molecule has 4 heteroatoms. The Bertz CT molecular complexity index is 540. The van der Waals surface area contributed by atoms with Gasteiger partial charge in [-0.2, -0.15) is 0 Å². The topological polar surface area (TPSA) is 66.8 Å². The smallest absolute Gasteiger partial charge is 0.305 e. The van der Waals surface area contributed by atoms with Gasteiger partial charge in [0.25, 0.3) is 0 Å². The van der Waals surface area contributed by atoms with Crippen LogP contribution < -0.4 is 0 Å². The van der Waals surface area contributed by atoms with Gasteiger partial charge in [-0.15, -0.1) is 0 Å². The fourth-order valence-electron chi connectivity index (χ4n) is 4.29. The van der Waals surface area contributed by atoms with E-state index in [0.717, 1.165) is 51.4 Å². The summed E-state index contributed by atoms with van der Waals surface area (Å²) >= 11 is 0. The summed E-state index contributed by atoms with van der Waals surface area (Å²) in [6.07, 6.45) is 12.6. The van der Waals surface area contributed by atoms with Crippen LogP contribution in [0.25, 0.3) is 0 Å². The molecule has 5 atom stereocenters. The number of ether oxygens (including phenoxy) is 1. The van der Waals surface area contributed by atoms with Crippen molar-refractivity contribution in [1.82, 2.24) is 0 Å². The van der Waals surface area contributed by atoms with Gasteiger partial charge in [-0.1, -0.05) is 50.0 Å². The van der Waals surface area contributed by atoms with Crippen LogP contribution in [-0.2, 0) is 9.53 Å². The summed E-state index contributed by atoms with van der Waals surface area (Å²) in [7, 11) is 1.42. The molecule has 0 radical (unpaired) electrons. The van der Waals surface area contributed by atoms with Crippen LogP contribution in [0.3, 0.4) is 0 Å². The zero-order valence-electron chi connectivity index (χ0n) is 17.3. The SMILES string of the molecule is [3H][C@@]1(O)C[C@@H]2C=C(CCCCC(=O)OC)C[C@@H]2[C@H]1/C=C/[C@@H](O)CCCCC. The van der Waals surface area contributed by atoms with Gasteiger partial charge in [-0.3, -0.25) is 4.79 Å². The van der Waals surface area contributed by atoms with Crippen molar-refractivity contribution in [3.05, 3.63) is 23.8 Å². The fraction of sp³-hybridized carbons (Fsp3) is 0.773. The largest absolute Gasteiger partial charge is 0.469 e. The summed E-state index contributed by atoms with van der Waals surface area (Å²) in [5, 5.41) is 20.7. The summed E-state index contributed by atoms with van der Waals surface area (Å²) in [6, 6.07) is 0. The molecule has 1 saturated carbocycles. The molecule has 0 aromatic rings. The van der Waals surface area contributed by atoms with E-state index in [1.54, 1.807) is 6.08 Å². The minimum Gasteiger partial charge on any atom is -0.469 e. The Morgan fingerprint density at radius 3 is 2.96 bits per heavy atom. The minimum atomic E-state index is -1.44. The molecule has 2 N–H and O–H groups in total. The number of carbonyl (C=O) groups excluding carboxylic acids is 1. The highest BCUT2D eigenvalue weighted by Crippen LogP contribution is 2.48. The quantitative estimate of drug-likeness (QED) is 0.327. The number of methoxy groups -OCH3 is 1. The zero-order valence-corrected chi connectivity index (χ0v) is 16.3. The molecule has 0 aromatic carbocycles. The van der Waals surface area contributed by atoms with E-state index in [4.69, 9.17) is 1.37 Å². The Kier molecular flexibility index (Phi) is 8.22. The molecule has 4 nitrogen and oxygen atoms in total. The molecule has 0 saturated heterocycles. The van der Waals surface area contributed by atoms with Crippen molar-refractivity contribution >= 4 is 5.97 Å². The molecular formula is C22H36O4.